The number of carbonyl (C=O) groups excluding carboxylic acids is 1. The van der Waals surface area contributed by atoms with Crippen molar-refractivity contribution in [3.05, 3.63) is 70.6 Å². The van der Waals surface area contributed by atoms with Gasteiger partial charge >= 0.3 is 5.97 Å². The Labute approximate surface area is 200 Å². The molecule has 34 heavy (non-hydrogen) atoms. The van der Waals surface area contributed by atoms with Gasteiger partial charge < -0.3 is 15.5 Å². The first kappa shape index (κ1) is 23.8. The molecule has 1 fully saturated rings. The Hall–Kier alpha value is -3.30. The van der Waals surface area contributed by atoms with Crippen molar-refractivity contribution in [3.63, 3.8) is 0 Å². The Morgan fingerprint density at radius 2 is 1.94 bits per heavy atom. The van der Waals surface area contributed by atoms with Crippen molar-refractivity contribution in [2.75, 3.05) is 6.54 Å². The Balaban J connectivity index is 1.45. The smallest absolute Gasteiger partial charge is 0.303 e. The molecule has 1 heterocycles. The van der Waals surface area contributed by atoms with Gasteiger partial charge in [-0.15, -0.1) is 5.10 Å². The van der Waals surface area contributed by atoms with E-state index in [0.717, 1.165) is 6.42 Å². The highest BCUT2D eigenvalue weighted by atomic mass is 35.5. The zero-order valence-electron chi connectivity index (χ0n) is 18.2. The number of halogens is 2. The Bertz CT molecular complexity index is 1190. The standard InChI is InChI=1S/C24H24ClFN4O4/c25-16-7-5-15(6-8-16)20(31)13-30-12-19(28-29-30)17-3-1-4-18(22(17)26)23(34)27-14-24(9-2-10-24)11-21(32)33/h1,3-8,12,20,31H,2,9-11,13-14H2,(H,27,34)(H,32,33)/t20-/m1/s1. The second kappa shape index (κ2) is 9.90. The lowest BCUT2D eigenvalue weighted by Gasteiger charge is -2.40. The highest BCUT2D eigenvalue weighted by Gasteiger charge is 2.39. The summed E-state index contributed by atoms with van der Waals surface area (Å²) in [6.45, 7) is 0.280. The average molecular weight is 487 g/mol. The molecule has 1 saturated carbocycles. The van der Waals surface area contributed by atoms with E-state index < -0.39 is 29.2 Å². The third-order valence-corrected chi connectivity index (χ3v) is 6.49. The second-order valence-corrected chi connectivity index (χ2v) is 9.10. The van der Waals surface area contributed by atoms with Crippen LogP contribution in [0.1, 0.15) is 47.7 Å². The maximum absolute atomic E-state index is 15.2. The molecule has 2 aromatic carbocycles. The minimum absolute atomic E-state index is 0.0270. The number of hydrogen-bond donors (Lipinski definition) is 3. The number of carboxylic acids is 1. The third kappa shape index (κ3) is 5.26. The maximum atomic E-state index is 15.2. The van der Waals surface area contributed by atoms with Crippen LogP contribution in [0.2, 0.25) is 5.02 Å². The summed E-state index contributed by atoms with van der Waals surface area (Å²) in [6.07, 6.45) is 2.95. The first-order valence-corrected chi connectivity index (χ1v) is 11.3. The van der Waals surface area contributed by atoms with E-state index >= 15 is 4.39 Å². The molecular weight excluding hydrogens is 463 g/mol. The van der Waals surface area contributed by atoms with Crippen molar-refractivity contribution in [1.29, 1.82) is 0 Å². The molecule has 8 nitrogen and oxygen atoms in total. The number of hydrogen-bond acceptors (Lipinski definition) is 5. The quantitative estimate of drug-likeness (QED) is 0.423. The van der Waals surface area contributed by atoms with Gasteiger partial charge in [0, 0.05) is 17.1 Å². The van der Waals surface area contributed by atoms with Gasteiger partial charge in [0.05, 0.1) is 30.8 Å². The number of aliphatic hydroxyl groups is 1. The van der Waals surface area contributed by atoms with E-state index in [0.29, 0.717) is 23.4 Å². The summed E-state index contributed by atoms with van der Waals surface area (Å²) in [5.74, 6) is -2.26. The largest absolute Gasteiger partial charge is 0.481 e. The number of nitrogens with zero attached hydrogens (tertiary/aromatic N) is 3. The third-order valence-electron chi connectivity index (χ3n) is 6.24. The molecule has 1 amide bonds. The zero-order chi connectivity index (χ0) is 24.3. The van der Waals surface area contributed by atoms with E-state index in [9.17, 15) is 14.7 Å². The first-order chi connectivity index (χ1) is 16.3. The molecule has 0 aliphatic heterocycles. The van der Waals surface area contributed by atoms with Crippen LogP contribution in [-0.2, 0) is 11.3 Å². The van der Waals surface area contributed by atoms with Crippen molar-refractivity contribution >= 4 is 23.5 Å². The van der Waals surface area contributed by atoms with Crippen molar-refractivity contribution in [2.45, 2.75) is 38.3 Å². The van der Waals surface area contributed by atoms with Crippen LogP contribution < -0.4 is 5.32 Å². The summed E-state index contributed by atoms with van der Waals surface area (Å²) < 4.78 is 16.6. The summed E-state index contributed by atoms with van der Waals surface area (Å²) in [5, 5.41) is 30.8. The molecule has 1 aliphatic rings. The van der Waals surface area contributed by atoms with Gasteiger partial charge in [-0.2, -0.15) is 0 Å². The first-order valence-electron chi connectivity index (χ1n) is 10.9. The molecule has 3 N–H and O–H groups in total. The number of benzene rings is 2. The monoisotopic (exact) mass is 486 g/mol. The maximum Gasteiger partial charge on any atom is 0.303 e. The van der Waals surface area contributed by atoms with Crippen LogP contribution >= 0.6 is 11.6 Å². The Morgan fingerprint density at radius 1 is 1.21 bits per heavy atom. The topological polar surface area (TPSA) is 117 Å². The molecular formula is C24H24ClFN4O4. The Kier molecular flexibility index (Phi) is 6.95. The van der Waals surface area contributed by atoms with Gasteiger partial charge in [-0.1, -0.05) is 41.4 Å². The van der Waals surface area contributed by atoms with Gasteiger partial charge in [0.15, 0.2) is 0 Å². The zero-order valence-corrected chi connectivity index (χ0v) is 19.0. The summed E-state index contributed by atoms with van der Waals surface area (Å²) in [7, 11) is 0. The molecule has 0 spiro atoms. The van der Waals surface area contributed by atoms with Gasteiger partial charge in [-0.05, 0) is 48.1 Å². The van der Waals surface area contributed by atoms with Crippen molar-refractivity contribution in [1.82, 2.24) is 20.3 Å². The Morgan fingerprint density at radius 3 is 2.59 bits per heavy atom. The van der Waals surface area contributed by atoms with Crippen LogP contribution in [0.4, 0.5) is 4.39 Å². The molecule has 178 valence electrons. The lowest BCUT2D eigenvalue weighted by atomic mass is 9.66. The summed E-state index contributed by atoms with van der Waals surface area (Å²) in [6, 6.07) is 11.2. The summed E-state index contributed by atoms with van der Waals surface area (Å²) in [5.41, 5.74) is 0.348. The molecule has 0 bridgehead atoms. The fraction of sp³-hybridized carbons (Fsp3) is 0.333. The predicted octanol–water partition coefficient (Wildman–Crippen LogP) is 3.85. The van der Waals surface area contributed by atoms with E-state index in [1.54, 1.807) is 30.3 Å². The molecule has 10 heteroatoms. The van der Waals surface area contributed by atoms with Crippen molar-refractivity contribution in [2.24, 2.45) is 5.41 Å². The van der Waals surface area contributed by atoms with E-state index in [1.807, 2.05) is 0 Å². The number of rotatable bonds is 9. The summed E-state index contributed by atoms with van der Waals surface area (Å²) >= 11 is 5.87. The van der Waals surface area contributed by atoms with E-state index in [-0.39, 0.29) is 36.3 Å². The summed E-state index contributed by atoms with van der Waals surface area (Å²) in [4.78, 5) is 23.8. The molecule has 3 aromatic rings. The number of aliphatic hydroxyl groups excluding tert-OH is 1. The van der Waals surface area contributed by atoms with Crippen molar-refractivity contribution < 1.29 is 24.2 Å². The molecule has 1 aliphatic carbocycles. The molecule has 0 radical (unpaired) electrons. The van der Waals surface area contributed by atoms with Crippen LogP contribution in [0, 0.1) is 11.2 Å². The van der Waals surface area contributed by atoms with Crippen molar-refractivity contribution in [3.8, 4) is 11.3 Å². The number of nitrogens with one attached hydrogen (secondary N) is 1. The second-order valence-electron chi connectivity index (χ2n) is 8.67. The predicted molar refractivity (Wildman–Crippen MR) is 123 cm³/mol. The lowest BCUT2D eigenvalue weighted by molar-refractivity contribution is -0.141. The lowest BCUT2D eigenvalue weighted by Crippen LogP contribution is -2.43. The number of carbonyl (C=O) groups is 2. The molecule has 1 atom stereocenters. The van der Waals surface area contributed by atoms with Gasteiger partial charge in [0.2, 0.25) is 0 Å². The van der Waals surface area contributed by atoms with Crippen LogP contribution in [0.15, 0.2) is 48.7 Å². The highest BCUT2D eigenvalue weighted by Crippen LogP contribution is 2.43. The molecule has 0 saturated heterocycles. The fourth-order valence-corrected chi connectivity index (χ4v) is 4.29. The normalized spacial score (nSPS) is 15.4. The minimum Gasteiger partial charge on any atom is -0.481 e. The number of carboxylic acid groups (broad SMARTS) is 1. The van der Waals surface area contributed by atoms with Gasteiger partial charge in [-0.25, -0.2) is 9.07 Å². The highest BCUT2D eigenvalue weighted by molar-refractivity contribution is 6.30. The number of aromatic nitrogens is 3. The van der Waals surface area contributed by atoms with E-state index in [1.165, 1.54) is 23.0 Å². The number of amides is 1. The number of aliphatic carboxylic acids is 1. The van der Waals surface area contributed by atoms with Crippen LogP contribution in [0.5, 0.6) is 0 Å². The molecule has 4 rings (SSSR count). The van der Waals surface area contributed by atoms with E-state index in [2.05, 4.69) is 15.6 Å². The minimum atomic E-state index is -0.911. The van der Waals surface area contributed by atoms with Crippen LogP contribution in [-0.4, -0.2) is 43.6 Å². The van der Waals surface area contributed by atoms with Crippen LogP contribution in [0.25, 0.3) is 11.3 Å². The SMILES string of the molecule is O=C(O)CC1(CNC(=O)c2cccc(-c3cn(C[C@@H](O)c4ccc(Cl)cc4)nn3)c2F)CCC1. The van der Waals surface area contributed by atoms with Gasteiger partial charge in [-0.3, -0.25) is 9.59 Å². The van der Waals surface area contributed by atoms with Crippen LogP contribution in [0.3, 0.4) is 0 Å². The molecule has 1 aromatic heterocycles. The fourth-order valence-electron chi connectivity index (χ4n) is 4.16. The molecule has 0 unspecified atom stereocenters. The average Bonchev–Trinajstić information content (AvgIpc) is 3.23. The van der Waals surface area contributed by atoms with Gasteiger partial charge in [0.25, 0.3) is 5.91 Å². The van der Waals surface area contributed by atoms with E-state index in [4.69, 9.17) is 16.7 Å². The van der Waals surface area contributed by atoms with Gasteiger partial charge in [0.1, 0.15) is 11.5 Å².